The third-order valence-electron chi connectivity index (χ3n) is 5.78. The van der Waals surface area contributed by atoms with Crippen molar-refractivity contribution in [3.05, 3.63) is 58.6 Å². The van der Waals surface area contributed by atoms with Crippen LogP contribution < -0.4 is 9.80 Å². The largest absolute Gasteiger partial charge is 0.371 e. The van der Waals surface area contributed by atoms with Crippen molar-refractivity contribution in [2.24, 2.45) is 0 Å². The van der Waals surface area contributed by atoms with Gasteiger partial charge in [-0.3, -0.25) is 9.59 Å². The molecule has 2 aromatic rings. The number of benzene rings is 2. The molecule has 0 saturated carbocycles. The molecular formula is C22H24ClN3O2. The number of nitrogens with zero attached hydrogens (tertiary/aromatic N) is 3. The third-order valence-corrected chi connectivity index (χ3v) is 6.02. The van der Waals surface area contributed by atoms with Crippen LogP contribution in [-0.4, -0.2) is 43.4 Å². The van der Waals surface area contributed by atoms with Crippen LogP contribution in [0.4, 0.5) is 11.4 Å². The van der Waals surface area contributed by atoms with Crippen LogP contribution in [0, 0.1) is 0 Å². The quantitative estimate of drug-likeness (QED) is 0.776. The fraction of sp³-hybridized carbons (Fsp3) is 0.364. The predicted molar refractivity (Wildman–Crippen MR) is 112 cm³/mol. The van der Waals surface area contributed by atoms with E-state index in [1.165, 1.54) is 5.56 Å². The highest BCUT2D eigenvalue weighted by Gasteiger charge is 2.33. The molecule has 1 atom stereocenters. The second-order valence-electron chi connectivity index (χ2n) is 7.48. The molecule has 0 spiro atoms. The minimum Gasteiger partial charge on any atom is -0.371 e. The standard InChI is InChI=1S/C22H24ClN3O2/c1-15(27)25-10-9-16-5-3-4-6-18(16)20(25)14-22(28)26-12-11-24(2)19-8-7-17(23)13-21(19)26/h3-8,13,20H,9-12,14H2,1-2H3/t20-/m0/s1. The van der Waals surface area contributed by atoms with E-state index in [1.54, 1.807) is 6.92 Å². The molecule has 2 aliphatic heterocycles. The van der Waals surface area contributed by atoms with Crippen LogP contribution in [0.5, 0.6) is 0 Å². The highest BCUT2D eigenvalue weighted by molar-refractivity contribution is 6.31. The van der Waals surface area contributed by atoms with Crippen molar-refractivity contribution in [2.75, 3.05) is 36.5 Å². The first kappa shape index (κ1) is 18.8. The molecule has 28 heavy (non-hydrogen) atoms. The average Bonchev–Trinajstić information content (AvgIpc) is 2.68. The first-order valence-corrected chi connectivity index (χ1v) is 9.99. The molecule has 0 unspecified atom stereocenters. The summed E-state index contributed by atoms with van der Waals surface area (Å²) in [6.07, 6.45) is 1.10. The minimum atomic E-state index is -0.225. The number of carbonyl (C=O) groups is 2. The van der Waals surface area contributed by atoms with E-state index in [0.717, 1.165) is 29.9 Å². The maximum Gasteiger partial charge on any atom is 0.229 e. The summed E-state index contributed by atoms with van der Waals surface area (Å²) in [6, 6.07) is 13.5. The van der Waals surface area contributed by atoms with Gasteiger partial charge in [0.2, 0.25) is 11.8 Å². The highest BCUT2D eigenvalue weighted by atomic mass is 35.5. The van der Waals surface area contributed by atoms with Crippen LogP contribution in [-0.2, 0) is 16.0 Å². The van der Waals surface area contributed by atoms with Crippen LogP contribution >= 0.6 is 11.6 Å². The van der Waals surface area contributed by atoms with E-state index in [4.69, 9.17) is 11.6 Å². The first-order valence-electron chi connectivity index (χ1n) is 9.62. The van der Waals surface area contributed by atoms with Crippen molar-refractivity contribution in [1.29, 1.82) is 0 Å². The molecule has 2 amide bonds. The lowest BCUT2D eigenvalue weighted by Gasteiger charge is -2.39. The van der Waals surface area contributed by atoms with Gasteiger partial charge in [0, 0.05) is 38.6 Å². The van der Waals surface area contributed by atoms with Gasteiger partial charge in [-0.15, -0.1) is 0 Å². The molecule has 6 heteroatoms. The number of rotatable bonds is 2. The molecule has 0 aromatic heterocycles. The number of fused-ring (bicyclic) bond motifs is 2. The van der Waals surface area contributed by atoms with Crippen LogP contribution in [0.2, 0.25) is 5.02 Å². The number of amides is 2. The van der Waals surface area contributed by atoms with Gasteiger partial charge in [-0.25, -0.2) is 0 Å². The summed E-state index contributed by atoms with van der Waals surface area (Å²) in [5, 5.41) is 0.611. The molecule has 0 saturated heterocycles. The number of halogens is 1. The Bertz CT molecular complexity index is 930. The predicted octanol–water partition coefficient (Wildman–Crippen LogP) is 3.66. The normalized spacial score (nSPS) is 18.5. The Morgan fingerprint density at radius 2 is 1.86 bits per heavy atom. The van der Waals surface area contributed by atoms with E-state index in [0.29, 0.717) is 18.1 Å². The van der Waals surface area contributed by atoms with Crippen molar-refractivity contribution in [2.45, 2.75) is 25.8 Å². The van der Waals surface area contributed by atoms with Crippen molar-refractivity contribution in [3.8, 4) is 0 Å². The van der Waals surface area contributed by atoms with E-state index in [2.05, 4.69) is 11.0 Å². The smallest absolute Gasteiger partial charge is 0.229 e. The second-order valence-corrected chi connectivity index (χ2v) is 7.92. The molecule has 5 nitrogen and oxygen atoms in total. The van der Waals surface area contributed by atoms with Crippen LogP contribution in [0.1, 0.15) is 30.5 Å². The zero-order chi connectivity index (χ0) is 19.8. The summed E-state index contributed by atoms with van der Waals surface area (Å²) in [5.41, 5.74) is 4.14. The van der Waals surface area contributed by atoms with Gasteiger partial charge >= 0.3 is 0 Å². The molecule has 2 aromatic carbocycles. The number of hydrogen-bond acceptors (Lipinski definition) is 3. The van der Waals surface area contributed by atoms with Crippen LogP contribution in [0.3, 0.4) is 0 Å². The van der Waals surface area contributed by atoms with Gasteiger partial charge in [0.1, 0.15) is 0 Å². The minimum absolute atomic E-state index is 0.00845. The Balaban J connectivity index is 1.65. The van der Waals surface area contributed by atoms with Crippen molar-refractivity contribution in [1.82, 2.24) is 4.90 Å². The Morgan fingerprint density at radius 3 is 2.64 bits per heavy atom. The second kappa shape index (κ2) is 7.47. The lowest BCUT2D eigenvalue weighted by molar-refractivity contribution is -0.133. The zero-order valence-electron chi connectivity index (χ0n) is 16.2. The maximum absolute atomic E-state index is 13.4. The molecule has 0 N–H and O–H groups in total. The van der Waals surface area contributed by atoms with Gasteiger partial charge in [-0.1, -0.05) is 35.9 Å². The summed E-state index contributed by atoms with van der Waals surface area (Å²) in [7, 11) is 2.02. The fourth-order valence-electron chi connectivity index (χ4n) is 4.31. The van der Waals surface area contributed by atoms with E-state index in [1.807, 2.05) is 53.2 Å². The van der Waals surface area contributed by atoms with E-state index in [-0.39, 0.29) is 24.3 Å². The Kier molecular flexibility index (Phi) is 5.02. The third kappa shape index (κ3) is 3.35. The molecule has 2 heterocycles. The van der Waals surface area contributed by atoms with Crippen LogP contribution in [0.25, 0.3) is 0 Å². The van der Waals surface area contributed by atoms with Crippen LogP contribution in [0.15, 0.2) is 42.5 Å². The summed E-state index contributed by atoms with van der Waals surface area (Å²) in [5.74, 6) is 0.0266. The summed E-state index contributed by atoms with van der Waals surface area (Å²) in [6.45, 7) is 3.60. The number of anilines is 2. The summed E-state index contributed by atoms with van der Waals surface area (Å²) >= 11 is 6.21. The zero-order valence-corrected chi connectivity index (χ0v) is 16.9. The Hall–Kier alpha value is -2.53. The molecule has 146 valence electrons. The fourth-order valence-corrected chi connectivity index (χ4v) is 4.48. The van der Waals surface area contributed by atoms with Gasteiger partial charge in [-0.05, 0) is 35.7 Å². The number of hydrogen-bond donors (Lipinski definition) is 0. The molecule has 0 aliphatic carbocycles. The topological polar surface area (TPSA) is 43.9 Å². The molecule has 0 radical (unpaired) electrons. The van der Waals surface area contributed by atoms with E-state index >= 15 is 0 Å². The highest BCUT2D eigenvalue weighted by Crippen LogP contribution is 2.37. The Morgan fingerprint density at radius 1 is 1.07 bits per heavy atom. The van der Waals surface area contributed by atoms with Crippen molar-refractivity contribution >= 4 is 34.8 Å². The van der Waals surface area contributed by atoms with E-state index in [9.17, 15) is 9.59 Å². The summed E-state index contributed by atoms with van der Waals surface area (Å²) < 4.78 is 0. The molecular weight excluding hydrogens is 374 g/mol. The SMILES string of the molecule is CC(=O)N1CCc2ccccc2[C@@H]1CC(=O)N1CCN(C)c2ccc(Cl)cc21. The van der Waals surface area contributed by atoms with Gasteiger partial charge in [0.25, 0.3) is 0 Å². The molecule has 4 rings (SSSR count). The molecule has 0 fully saturated rings. The van der Waals surface area contributed by atoms with E-state index < -0.39 is 0 Å². The van der Waals surface area contributed by atoms with Gasteiger partial charge < -0.3 is 14.7 Å². The van der Waals surface area contributed by atoms with Gasteiger partial charge in [0.05, 0.1) is 23.8 Å². The van der Waals surface area contributed by atoms with Crippen molar-refractivity contribution < 1.29 is 9.59 Å². The van der Waals surface area contributed by atoms with Gasteiger partial charge in [0.15, 0.2) is 0 Å². The number of carbonyl (C=O) groups excluding carboxylic acids is 2. The Labute approximate surface area is 170 Å². The average molecular weight is 398 g/mol. The monoisotopic (exact) mass is 397 g/mol. The maximum atomic E-state index is 13.4. The molecule has 2 aliphatic rings. The summed E-state index contributed by atoms with van der Waals surface area (Å²) in [4.78, 5) is 31.4. The van der Waals surface area contributed by atoms with Crippen molar-refractivity contribution in [3.63, 3.8) is 0 Å². The molecule has 0 bridgehead atoms. The first-order chi connectivity index (χ1) is 13.5. The number of likely N-dealkylation sites (N-methyl/N-ethyl adjacent to an activating group) is 1. The lowest BCUT2D eigenvalue weighted by Crippen LogP contribution is -2.45. The van der Waals surface area contributed by atoms with Gasteiger partial charge in [-0.2, -0.15) is 0 Å². The lowest BCUT2D eigenvalue weighted by atomic mass is 9.90.